The standard InChI is InChI=1S/C16H21BrN2/c1-11(16(2,3)4)10-19-15-13-6-5-7-14(17)12(13)8-9-18-15/h5-9,11H,10H2,1-4H3,(H,18,19). The van der Waals surface area contributed by atoms with Crippen LogP contribution in [0, 0.1) is 11.3 Å². The first-order chi connectivity index (χ1) is 8.89. The smallest absolute Gasteiger partial charge is 0.133 e. The fraction of sp³-hybridized carbons (Fsp3) is 0.438. The van der Waals surface area contributed by atoms with Crippen molar-refractivity contribution in [3.63, 3.8) is 0 Å². The molecule has 2 rings (SSSR count). The van der Waals surface area contributed by atoms with Crippen molar-refractivity contribution < 1.29 is 0 Å². The van der Waals surface area contributed by atoms with Gasteiger partial charge in [0.25, 0.3) is 0 Å². The first-order valence-corrected chi connectivity index (χ1v) is 7.46. The van der Waals surface area contributed by atoms with Crippen LogP contribution < -0.4 is 5.32 Å². The van der Waals surface area contributed by atoms with Crippen LogP contribution in [-0.4, -0.2) is 11.5 Å². The Bertz CT molecular complexity index is 572. The maximum atomic E-state index is 4.47. The largest absolute Gasteiger partial charge is 0.369 e. The number of rotatable bonds is 3. The van der Waals surface area contributed by atoms with Gasteiger partial charge in [0, 0.05) is 28.0 Å². The minimum Gasteiger partial charge on any atom is -0.369 e. The average Bonchev–Trinajstić information content (AvgIpc) is 2.35. The molecule has 102 valence electrons. The van der Waals surface area contributed by atoms with E-state index in [-0.39, 0.29) is 0 Å². The maximum Gasteiger partial charge on any atom is 0.133 e. The number of fused-ring (bicyclic) bond motifs is 1. The zero-order valence-electron chi connectivity index (χ0n) is 12.0. The number of halogens is 1. The van der Waals surface area contributed by atoms with Gasteiger partial charge in [0.05, 0.1) is 0 Å². The molecule has 3 heteroatoms. The third-order valence-electron chi connectivity index (χ3n) is 3.81. The molecule has 0 saturated heterocycles. The summed E-state index contributed by atoms with van der Waals surface area (Å²) >= 11 is 3.59. The molecule has 1 atom stereocenters. The number of anilines is 1. The van der Waals surface area contributed by atoms with Gasteiger partial charge in [0.15, 0.2) is 0 Å². The van der Waals surface area contributed by atoms with Gasteiger partial charge < -0.3 is 5.32 Å². The molecule has 0 aliphatic rings. The fourth-order valence-electron chi connectivity index (χ4n) is 1.87. The fourth-order valence-corrected chi connectivity index (χ4v) is 2.36. The Balaban J connectivity index is 2.25. The summed E-state index contributed by atoms with van der Waals surface area (Å²) in [5.74, 6) is 1.55. The normalized spacial score (nSPS) is 13.5. The molecule has 0 spiro atoms. The molecule has 1 N–H and O–H groups in total. The second-order valence-electron chi connectivity index (χ2n) is 6.14. The molecular formula is C16H21BrN2. The molecule has 1 unspecified atom stereocenters. The van der Waals surface area contributed by atoms with Crippen LogP contribution in [0.2, 0.25) is 0 Å². The Morgan fingerprint density at radius 2 is 1.95 bits per heavy atom. The summed E-state index contributed by atoms with van der Waals surface area (Å²) in [7, 11) is 0. The topological polar surface area (TPSA) is 24.9 Å². The van der Waals surface area contributed by atoms with E-state index < -0.39 is 0 Å². The van der Waals surface area contributed by atoms with Gasteiger partial charge >= 0.3 is 0 Å². The second kappa shape index (κ2) is 5.49. The summed E-state index contributed by atoms with van der Waals surface area (Å²) in [6.07, 6.45) is 1.86. The molecule has 0 amide bonds. The Morgan fingerprint density at radius 3 is 2.63 bits per heavy atom. The Morgan fingerprint density at radius 1 is 1.21 bits per heavy atom. The van der Waals surface area contributed by atoms with E-state index in [4.69, 9.17) is 0 Å². The van der Waals surface area contributed by atoms with Gasteiger partial charge in [0.1, 0.15) is 5.82 Å². The van der Waals surface area contributed by atoms with E-state index in [0.717, 1.165) is 22.2 Å². The first kappa shape index (κ1) is 14.3. The first-order valence-electron chi connectivity index (χ1n) is 6.66. The van der Waals surface area contributed by atoms with Crippen LogP contribution in [0.4, 0.5) is 5.82 Å². The molecule has 2 aromatic rings. The Hall–Kier alpha value is -1.09. The zero-order valence-corrected chi connectivity index (χ0v) is 13.6. The van der Waals surface area contributed by atoms with E-state index >= 15 is 0 Å². The summed E-state index contributed by atoms with van der Waals surface area (Å²) in [6.45, 7) is 10.0. The summed E-state index contributed by atoms with van der Waals surface area (Å²) < 4.78 is 1.11. The second-order valence-corrected chi connectivity index (χ2v) is 7.00. The quantitative estimate of drug-likeness (QED) is 0.851. The highest BCUT2D eigenvalue weighted by Crippen LogP contribution is 2.29. The summed E-state index contributed by atoms with van der Waals surface area (Å²) in [4.78, 5) is 4.47. The monoisotopic (exact) mass is 320 g/mol. The molecule has 1 heterocycles. The highest BCUT2D eigenvalue weighted by Gasteiger charge is 2.19. The van der Waals surface area contributed by atoms with Crippen molar-refractivity contribution >= 4 is 32.5 Å². The number of hydrogen-bond acceptors (Lipinski definition) is 2. The van der Waals surface area contributed by atoms with Crippen molar-refractivity contribution in [2.24, 2.45) is 11.3 Å². The van der Waals surface area contributed by atoms with Crippen molar-refractivity contribution in [1.29, 1.82) is 0 Å². The SMILES string of the molecule is CC(CNc1nccc2c(Br)cccc12)C(C)(C)C. The highest BCUT2D eigenvalue weighted by molar-refractivity contribution is 9.10. The van der Waals surface area contributed by atoms with E-state index in [1.807, 2.05) is 18.3 Å². The van der Waals surface area contributed by atoms with Crippen LogP contribution in [0.1, 0.15) is 27.7 Å². The van der Waals surface area contributed by atoms with Gasteiger partial charge in [-0.15, -0.1) is 0 Å². The Labute approximate surface area is 123 Å². The van der Waals surface area contributed by atoms with Crippen molar-refractivity contribution in [3.05, 3.63) is 34.9 Å². The predicted molar refractivity (Wildman–Crippen MR) is 86.6 cm³/mol. The van der Waals surface area contributed by atoms with Gasteiger partial charge in [-0.2, -0.15) is 0 Å². The van der Waals surface area contributed by atoms with Crippen molar-refractivity contribution in [2.45, 2.75) is 27.7 Å². The van der Waals surface area contributed by atoms with Crippen LogP contribution in [-0.2, 0) is 0 Å². The lowest BCUT2D eigenvalue weighted by molar-refractivity contribution is 0.274. The maximum absolute atomic E-state index is 4.47. The van der Waals surface area contributed by atoms with Crippen LogP contribution in [0.5, 0.6) is 0 Å². The number of benzene rings is 1. The molecule has 0 aliphatic carbocycles. The lowest BCUT2D eigenvalue weighted by Crippen LogP contribution is -2.25. The average molecular weight is 321 g/mol. The van der Waals surface area contributed by atoms with Crippen LogP contribution in [0.3, 0.4) is 0 Å². The molecular weight excluding hydrogens is 300 g/mol. The lowest BCUT2D eigenvalue weighted by Gasteiger charge is -2.27. The number of nitrogens with one attached hydrogen (secondary N) is 1. The van der Waals surface area contributed by atoms with Crippen LogP contribution in [0.25, 0.3) is 10.8 Å². The molecule has 1 aromatic carbocycles. The van der Waals surface area contributed by atoms with Gasteiger partial charge in [-0.25, -0.2) is 4.98 Å². The summed E-state index contributed by atoms with van der Waals surface area (Å²) in [6, 6.07) is 8.26. The molecule has 0 radical (unpaired) electrons. The molecule has 19 heavy (non-hydrogen) atoms. The number of nitrogens with zero attached hydrogens (tertiary/aromatic N) is 1. The number of pyridine rings is 1. The third-order valence-corrected chi connectivity index (χ3v) is 4.50. The van der Waals surface area contributed by atoms with Crippen molar-refractivity contribution in [2.75, 3.05) is 11.9 Å². The lowest BCUT2D eigenvalue weighted by atomic mass is 9.82. The summed E-state index contributed by atoms with van der Waals surface area (Å²) in [5.41, 5.74) is 0.304. The molecule has 1 aromatic heterocycles. The van der Waals surface area contributed by atoms with Crippen molar-refractivity contribution in [3.8, 4) is 0 Å². The van der Waals surface area contributed by atoms with Crippen molar-refractivity contribution in [1.82, 2.24) is 4.98 Å². The van der Waals surface area contributed by atoms with Gasteiger partial charge in [0.2, 0.25) is 0 Å². The van der Waals surface area contributed by atoms with E-state index in [1.54, 1.807) is 0 Å². The number of hydrogen-bond donors (Lipinski definition) is 1. The minimum absolute atomic E-state index is 0.304. The number of aromatic nitrogens is 1. The van der Waals surface area contributed by atoms with Crippen LogP contribution >= 0.6 is 15.9 Å². The van der Waals surface area contributed by atoms with E-state index in [1.165, 1.54) is 5.39 Å². The molecule has 0 bridgehead atoms. The van der Waals surface area contributed by atoms with Gasteiger partial charge in [-0.3, -0.25) is 0 Å². The molecule has 0 fully saturated rings. The predicted octanol–water partition coefficient (Wildman–Crippen LogP) is 5.09. The van der Waals surface area contributed by atoms with E-state index in [2.05, 4.69) is 66.1 Å². The van der Waals surface area contributed by atoms with E-state index in [9.17, 15) is 0 Å². The highest BCUT2D eigenvalue weighted by atomic mass is 79.9. The summed E-state index contributed by atoms with van der Waals surface area (Å²) in [5, 5.41) is 5.85. The molecule has 0 saturated carbocycles. The molecule has 0 aliphatic heterocycles. The van der Waals surface area contributed by atoms with Gasteiger partial charge in [-0.05, 0) is 23.5 Å². The zero-order chi connectivity index (χ0) is 14.0. The third kappa shape index (κ3) is 3.27. The van der Waals surface area contributed by atoms with Gasteiger partial charge in [-0.1, -0.05) is 55.8 Å². The molecule has 2 nitrogen and oxygen atoms in total. The Kier molecular flexibility index (Phi) is 4.14. The minimum atomic E-state index is 0.304. The van der Waals surface area contributed by atoms with E-state index in [0.29, 0.717) is 11.3 Å². The van der Waals surface area contributed by atoms with Crippen LogP contribution in [0.15, 0.2) is 34.9 Å².